The van der Waals surface area contributed by atoms with Gasteiger partial charge in [0.05, 0.1) is 17.1 Å². The van der Waals surface area contributed by atoms with E-state index in [1.54, 1.807) is 19.5 Å². The first-order valence-electron chi connectivity index (χ1n) is 13.2. The Hall–Kier alpha value is -3.75. The molecule has 1 aliphatic heterocycles. The maximum absolute atomic E-state index is 13.1. The highest BCUT2D eigenvalue weighted by Crippen LogP contribution is 2.26. The third-order valence-electron chi connectivity index (χ3n) is 7.36. The summed E-state index contributed by atoms with van der Waals surface area (Å²) in [4.78, 5) is 31.8. The predicted octanol–water partition coefficient (Wildman–Crippen LogP) is 4.99. The number of amides is 2. The van der Waals surface area contributed by atoms with Crippen LogP contribution in [0.5, 0.6) is 0 Å². The molecule has 8 nitrogen and oxygen atoms in total. The zero-order valence-corrected chi connectivity index (χ0v) is 22.9. The molecule has 3 heterocycles. The van der Waals surface area contributed by atoms with Gasteiger partial charge in [-0.3, -0.25) is 19.3 Å². The van der Waals surface area contributed by atoms with Crippen LogP contribution in [0.15, 0.2) is 61.1 Å². The van der Waals surface area contributed by atoms with E-state index in [-0.39, 0.29) is 11.8 Å². The van der Waals surface area contributed by atoms with Gasteiger partial charge in [-0.15, -0.1) is 0 Å². The lowest BCUT2D eigenvalue weighted by Crippen LogP contribution is -2.39. The first-order chi connectivity index (χ1) is 18.9. The van der Waals surface area contributed by atoms with Gasteiger partial charge >= 0.3 is 0 Å². The van der Waals surface area contributed by atoms with Gasteiger partial charge in [-0.25, -0.2) is 0 Å². The number of hydrogen-bond donors (Lipinski definition) is 1. The summed E-state index contributed by atoms with van der Waals surface area (Å²) in [5.41, 5.74) is 5.04. The minimum Gasteiger partial charge on any atom is -0.383 e. The number of likely N-dealkylation sites (tertiary alicyclic amines) is 1. The second-order valence-corrected chi connectivity index (χ2v) is 10.4. The molecule has 2 aromatic carbocycles. The molecule has 0 radical (unpaired) electrons. The summed E-state index contributed by atoms with van der Waals surface area (Å²) in [6.45, 7) is 5.13. The Morgan fingerprint density at radius 1 is 1.08 bits per heavy atom. The smallest absolute Gasteiger partial charge is 0.253 e. The molecule has 0 aliphatic carbocycles. The highest BCUT2D eigenvalue weighted by Gasteiger charge is 2.24. The Morgan fingerprint density at radius 2 is 1.85 bits per heavy atom. The van der Waals surface area contributed by atoms with E-state index >= 15 is 0 Å². The predicted molar refractivity (Wildman–Crippen MR) is 152 cm³/mol. The molecule has 39 heavy (non-hydrogen) atoms. The number of rotatable bonds is 8. The first kappa shape index (κ1) is 26.8. The number of benzene rings is 2. The van der Waals surface area contributed by atoms with E-state index < -0.39 is 0 Å². The van der Waals surface area contributed by atoms with Crippen molar-refractivity contribution in [2.45, 2.75) is 26.3 Å². The second kappa shape index (κ2) is 12.0. The van der Waals surface area contributed by atoms with E-state index in [9.17, 15) is 9.59 Å². The number of ether oxygens (including phenoxy) is 1. The van der Waals surface area contributed by atoms with Crippen LogP contribution < -0.4 is 5.32 Å². The molecule has 9 heteroatoms. The molecule has 0 unspecified atom stereocenters. The van der Waals surface area contributed by atoms with Crippen LogP contribution in [0.2, 0.25) is 5.02 Å². The quantitative estimate of drug-likeness (QED) is 0.315. The van der Waals surface area contributed by atoms with Crippen LogP contribution in [0.4, 0.5) is 0 Å². The first-order valence-corrected chi connectivity index (χ1v) is 13.5. The zero-order valence-electron chi connectivity index (χ0n) is 22.2. The van der Waals surface area contributed by atoms with Crippen LogP contribution in [0.1, 0.15) is 39.1 Å². The molecule has 0 saturated carbocycles. The van der Waals surface area contributed by atoms with Crippen LogP contribution in [0.3, 0.4) is 0 Å². The molecule has 0 spiro atoms. The summed E-state index contributed by atoms with van der Waals surface area (Å²) in [6, 6.07) is 13.2. The van der Waals surface area contributed by atoms with Gasteiger partial charge in [0.25, 0.3) is 11.8 Å². The van der Waals surface area contributed by atoms with Crippen molar-refractivity contribution in [1.82, 2.24) is 25.0 Å². The summed E-state index contributed by atoms with van der Waals surface area (Å²) < 4.78 is 7.00. The molecule has 1 aliphatic rings. The van der Waals surface area contributed by atoms with E-state index in [0.29, 0.717) is 35.2 Å². The lowest BCUT2D eigenvalue weighted by molar-refractivity contribution is 0.0681. The Kier molecular flexibility index (Phi) is 8.24. The van der Waals surface area contributed by atoms with Gasteiger partial charge in [0.2, 0.25) is 0 Å². The van der Waals surface area contributed by atoms with Crippen molar-refractivity contribution in [2.75, 3.05) is 33.4 Å². The Morgan fingerprint density at radius 3 is 2.56 bits per heavy atom. The van der Waals surface area contributed by atoms with Crippen LogP contribution in [0, 0.1) is 12.8 Å². The van der Waals surface area contributed by atoms with Crippen LogP contribution in [-0.2, 0) is 11.3 Å². The number of nitrogens with zero attached hydrogens (tertiary/aromatic N) is 4. The van der Waals surface area contributed by atoms with Gasteiger partial charge in [-0.05, 0) is 67.1 Å². The third kappa shape index (κ3) is 6.13. The van der Waals surface area contributed by atoms with Gasteiger partial charge < -0.3 is 15.0 Å². The molecule has 5 rings (SSSR count). The van der Waals surface area contributed by atoms with Crippen molar-refractivity contribution in [2.24, 2.45) is 5.92 Å². The van der Waals surface area contributed by atoms with Crippen molar-refractivity contribution in [3.63, 3.8) is 0 Å². The SMILES string of the molecule is COCCNC(=O)c1ccc2nn(CC3CCN(C(=O)c4ccc(-c5cncc(Cl)c5)cc4)CC3)cc2c1C. The average Bonchev–Trinajstić information content (AvgIpc) is 3.37. The van der Waals surface area contributed by atoms with E-state index in [1.165, 1.54) is 0 Å². The van der Waals surface area contributed by atoms with Crippen molar-refractivity contribution in [1.29, 1.82) is 0 Å². The maximum atomic E-state index is 13.1. The van der Waals surface area contributed by atoms with Crippen molar-refractivity contribution < 1.29 is 14.3 Å². The fourth-order valence-corrected chi connectivity index (χ4v) is 5.30. The Balaban J connectivity index is 1.18. The van der Waals surface area contributed by atoms with Crippen molar-refractivity contribution >= 4 is 34.3 Å². The Bertz CT molecular complexity index is 1480. The topological polar surface area (TPSA) is 89.4 Å². The fourth-order valence-electron chi connectivity index (χ4n) is 5.12. The number of methoxy groups -OCH3 is 1. The summed E-state index contributed by atoms with van der Waals surface area (Å²) in [5, 5.41) is 9.21. The lowest BCUT2D eigenvalue weighted by Gasteiger charge is -2.32. The molecular weight excluding hydrogens is 514 g/mol. The Labute approximate surface area is 232 Å². The van der Waals surface area contributed by atoms with Crippen LogP contribution in [0.25, 0.3) is 22.0 Å². The van der Waals surface area contributed by atoms with E-state index in [2.05, 4.69) is 10.3 Å². The van der Waals surface area contributed by atoms with Gasteiger partial charge in [0.1, 0.15) is 0 Å². The third-order valence-corrected chi connectivity index (χ3v) is 7.57. The fraction of sp³-hybridized carbons (Fsp3) is 0.333. The highest BCUT2D eigenvalue weighted by molar-refractivity contribution is 6.30. The van der Waals surface area contributed by atoms with Crippen LogP contribution >= 0.6 is 11.6 Å². The number of carbonyl (C=O) groups excluding carboxylic acids is 2. The number of piperidine rings is 1. The molecule has 202 valence electrons. The average molecular weight is 546 g/mol. The molecule has 2 amide bonds. The molecule has 1 saturated heterocycles. The summed E-state index contributed by atoms with van der Waals surface area (Å²) in [5.74, 6) is 0.381. The van der Waals surface area contributed by atoms with Gasteiger partial charge in [-0.1, -0.05) is 23.7 Å². The minimum atomic E-state index is -0.104. The summed E-state index contributed by atoms with van der Waals surface area (Å²) >= 11 is 6.06. The molecule has 1 fully saturated rings. The second-order valence-electron chi connectivity index (χ2n) is 9.98. The number of fused-ring (bicyclic) bond motifs is 1. The molecule has 1 N–H and O–H groups in total. The molecule has 4 aromatic rings. The normalized spacial score (nSPS) is 14.1. The number of carbonyl (C=O) groups is 2. The molecule has 0 atom stereocenters. The van der Waals surface area contributed by atoms with E-state index in [4.69, 9.17) is 21.4 Å². The maximum Gasteiger partial charge on any atom is 0.253 e. The molecular formula is C30H32ClN5O3. The minimum absolute atomic E-state index is 0.0565. The summed E-state index contributed by atoms with van der Waals surface area (Å²) in [6.07, 6.45) is 7.23. The standard InChI is InChI=1S/C30H32ClN5O3/c1-20-26(29(37)33-11-14-39-2)7-8-28-27(20)19-36(34-28)18-21-9-12-35(13-10-21)30(38)23-5-3-22(4-6-23)24-15-25(31)17-32-16-24/h3-8,15-17,19,21H,9-14,18H2,1-2H3,(H,33,37). The van der Waals surface area contributed by atoms with E-state index in [1.807, 2.05) is 65.2 Å². The van der Waals surface area contributed by atoms with Crippen molar-refractivity contribution in [3.05, 3.63) is 82.8 Å². The lowest BCUT2D eigenvalue weighted by atomic mass is 9.96. The van der Waals surface area contributed by atoms with E-state index in [0.717, 1.165) is 60.1 Å². The van der Waals surface area contributed by atoms with Gasteiger partial charge in [-0.2, -0.15) is 5.10 Å². The van der Waals surface area contributed by atoms with Crippen LogP contribution in [-0.4, -0.2) is 64.8 Å². The number of pyridine rings is 1. The number of aryl methyl sites for hydroxylation is 1. The monoisotopic (exact) mass is 545 g/mol. The van der Waals surface area contributed by atoms with Crippen molar-refractivity contribution in [3.8, 4) is 11.1 Å². The highest BCUT2D eigenvalue weighted by atomic mass is 35.5. The van der Waals surface area contributed by atoms with Gasteiger partial charge in [0.15, 0.2) is 0 Å². The molecule has 2 aromatic heterocycles. The summed E-state index contributed by atoms with van der Waals surface area (Å²) in [7, 11) is 1.61. The number of halogens is 1. The number of nitrogens with one attached hydrogen (secondary N) is 1. The number of hydrogen-bond acceptors (Lipinski definition) is 5. The van der Waals surface area contributed by atoms with Gasteiger partial charge in [0, 0.05) is 74.0 Å². The number of aromatic nitrogens is 3. The molecule has 0 bridgehead atoms. The zero-order chi connectivity index (χ0) is 27.4. The largest absolute Gasteiger partial charge is 0.383 e.